The molecule has 1 aromatic heterocycles. The highest BCUT2D eigenvalue weighted by atomic mass is 16.5. The molecule has 0 bridgehead atoms. The summed E-state index contributed by atoms with van der Waals surface area (Å²) in [7, 11) is 3.99. The molecular formula is C14H20N6O. The topological polar surface area (TPSA) is 89.2 Å². The number of nitrogens with one attached hydrogen (secondary N) is 1. The number of hydrogen-bond donors (Lipinski definition) is 2. The summed E-state index contributed by atoms with van der Waals surface area (Å²) in [5, 5.41) is 3.09. The van der Waals surface area contributed by atoms with Crippen LogP contribution in [0.25, 0.3) is 0 Å². The summed E-state index contributed by atoms with van der Waals surface area (Å²) in [5.74, 6) is 0.495. The van der Waals surface area contributed by atoms with E-state index in [9.17, 15) is 0 Å². The van der Waals surface area contributed by atoms with Crippen LogP contribution in [0.4, 0.5) is 23.3 Å². The SMILES string of the molecule is CCCOc1nc(N)nc(Nc2ccc(N(C)C)cc2)n1. The minimum absolute atomic E-state index is 0.128. The molecular weight excluding hydrogens is 268 g/mol. The van der Waals surface area contributed by atoms with Crippen molar-refractivity contribution in [1.29, 1.82) is 0 Å². The predicted molar refractivity (Wildman–Crippen MR) is 84.1 cm³/mol. The molecule has 1 aromatic carbocycles. The van der Waals surface area contributed by atoms with Gasteiger partial charge in [0, 0.05) is 25.5 Å². The van der Waals surface area contributed by atoms with Crippen LogP contribution in [-0.4, -0.2) is 35.7 Å². The number of nitrogen functional groups attached to an aromatic ring is 1. The molecule has 0 spiro atoms. The molecule has 2 aromatic rings. The average Bonchev–Trinajstić information content (AvgIpc) is 2.45. The molecule has 0 radical (unpaired) electrons. The van der Waals surface area contributed by atoms with Crippen molar-refractivity contribution >= 4 is 23.3 Å². The predicted octanol–water partition coefficient (Wildman–Crippen LogP) is 2.05. The van der Waals surface area contributed by atoms with Gasteiger partial charge in [-0.3, -0.25) is 0 Å². The molecule has 0 amide bonds. The Kier molecular flexibility index (Phi) is 4.76. The smallest absolute Gasteiger partial charge is 0.323 e. The van der Waals surface area contributed by atoms with Crippen molar-refractivity contribution in [1.82, 2.24) is 15.0 Å². The number of nitrogens with two attached hydrogens (primary N) is 1. The Morgan fingerprint density at radius 1 is 1.14 bits per heavy atom. The Labute approximate surface area is 124 Å². The molecule has 0 aliphatic rings. The first kappa shape index (κ1) is 14.8. The number of benzene rings is 1. The first-order chi connectivity index (χ1) is 10.1. The molecule has 21 heavy (non-hydrogen) atoms. The number of hydrogen-bond acceptors (Lipinski definition) is 7. The summed E-state index contributed by atoms with van der Waals surface area (Å²) in [6.45, 7) is 2.55. The maximum atomic E-state index is 5.66. The van der Waals surface area contributed by atoms with Crippen LogP contribution < -0.4 is 20.7 Å². The number of anilines is 4. The molecule has 112 valence electrons. The maximum absolute atomic E-state index is 5.66. The van der Waals surface area contributed by atoms with Gasteiger partial charge in [-0.2, -0.15) is 15.0 Å². The molecule has 0 unspecified atom stereocenters. The lowest BCUT2D eigenvalue weighted by Crippen LogP contribution is -2.09. The lowest BCUT2D eigenvalue weighted by Gasteiger charge is -2.13. The van der Waals surface area contributed by atoms with E-state index in [1.807, 2.05) is 50.2 Å². The number of aromatic nitrogens is 3. The van der Waals surface area contributed by atoms with Gasteiger partial charge >= 0.3 is 6.01 Å². The molecule has 0 saturated heterocycles. The van der Waals surface area contributed by atoms with E-state index < -0.39 is 0 Å². The summed E-state index contributed by atoms with van der Waals surface area (Å²) in [5.41, 5.74) is 7.64. The fraction of sp³-hybridized carbons (Fsp3) is 0.357. The third kappa shape index (κ3) is 4.20. The molecule has 0 aliphatic heterocycles. The van der Waals surface area contributed by atoms with E-state index in [0.717, 1.165) is 17.8 Å². The second-order valence-corrected chi connectivity index (χ2v) is 4.71. The van der Waals surface area contributed by atoms with Gasteiger partial charge in [-0.25, -0.2) is 0 Å². The standard InChI is InChI=1S/C14H20N6O/c1-4-9-21-14-18-12(15)17-13(19-14)16-10-5-7-11(8-6-10)20(2)3/h5-8H,4,9H2,1-3H3,(H3,15,16,17,18,19). The van der Waals surface area contributed by atoms with Crippen LogP contribution in [0.15, 0.2) is 24.3 Å². The molecule has 0 atom stereocenters. The molecule has 1 heterocycles. The van der Waals surface area contributed by atoms with Crippen molar-refractivity contribution < 1.29 is 4.74 Å². The van der Waals surface area contributed by atoms with Gasteiger partial charge in [0.1, 0.15) is 0 Å². The van der Waals surface area contributed by atoms with Crippen molar-refractivity contribution in [3.8, 4) is 6.01 Å². The van der Waals surface area contributed by atoms with Gasteiger partial charge in [0.2, 0.25) is 11.9 Å². The van der Waals surface area contributed by atoms with Crippen LogP contribution in [0, 0.1) is 0 Å². The zero-order valence-electron chi connectivity index (χ0n) is 12.5. The minimum atomic E-state index is 0.128. The molecule has 7 nitrogen and oxygen atoms in total. The quantitative estimate of drug-likeness (QED) is 0.840. The molecule has 0 aliphatic carbocycles. The largest absolute Gasteiger partial charge is 0.463 e. The normalized spacial score (nSPS) is 10.2. The Balaban J connectivity index is 2.12. The number of nitrogens with zero attached hydrogens (tertiary/aromatic N) is 4. The van der Waals surface area contributed by atoms with Gasteiger partial charge in [-0.15, -0.1) is 0 Å². The van der Waals surface area contributed by atoms with Crippen molar-refractivity contribution in [2.24, 2.45) is 0 Å². The second kappa shape index (κ2) is 6.74. The molecule has 0 fully saturated rings. The molecule has 0 saturated carbocycles. The van der Waals surface area contributed by atoms with Crippen LogP contribution in [0.5, 0.6) is 6.01 Å². The minimum Gasteiger partial charge on any atom is -0.463 e. The Hall–Kier alpha value is -2.57. The van der Waals surface area contributed by atoms with Crippen LogP contribution in [0.1, 0.15) is 13.3 Å². The van der Waals surface area contributed by atoms with Gasteiger partial charge < -0.3 is 20.7 Å². The lowest BCUT2D eigenvalue weighted by molar-refractivity contribution is 0.292. The van der Waals surface area contributed by atoms with Gasteiger partial charge in [-0.1, -0.05) is 6.92 Å². The van der Waals surface area contributed by atoms with E-state index in [-0.39, 0.29) is 12.0 Å². The molecule has 7 heteroatoms. The third-order valence-electron chi connectivity index (χ3n) is 2.71. The van der Waals surface area contributed by atoms with Gasteiger partial charge in [0.05, 0.1) is 6.61 Å². The highest BCUT2D eigenvalue weighted by Crippen LogP contribution is 2.19. The zero-order valence-corrected chi connectivity index (χ0v) is 12.5. The molecule has 2 rings (SSSR count). The summed E-state index contributed by atoms with van der Waals surface area (Å²) in [6.07, 6.45) is 0.875. The van der Waals surface area contributed by atoms with E-state index >= 15 is 0 Å². The lowest BCUT2D eigenvalue weighted by atomic mass is 10.2. The highest BCUT2D eigenvalue weighted by molar-refractivity contribution is 5.59. The molecule has 3 N–H and O–H groups in total. The van der Waals surface area contributed by atoms with Crippen LogP contribution in [0.2, 0.25) is 0 Å². The van der Waals surface area contributed by atoms with E-state index in [1.165, 1.54) is 0 Å². The average molecular weight is 288 g/mol. The zero-order chi connectivity index (χ0) is 15.2. The first-order valence-corrected chi connectivity index (χ1v) is 6.77. The summed E-state index contributed by atoms with van der Waals surface area (Å²) >= 11 is 0. The Morgan fingerprint density at radius 3 is 2.48 bits per heavy atom. The number of rotatable bonds is 6. The summed E-state index contributed by atoms with van der Waals surface area (Å²) in [6, 6.07) is 8.13. The monoisotopic (exact) mass is 288 g/mol. The van der Waals surface area contributed by atoms with Crippen molar-refractivity contribution in [2.45, 2.75) is 13.3 Å². The summed E-state index contributed by atoms with van der Waals surface area (Å²) < 4.78 is 5.38. The van der Waals surface area contributed by atoms with Crippen LogP contribution in [0.3, 0.4) is 0 Å². The maximum Gasteiger partial charge on any atom is 0.323 e. The van der Waals surface area contributed by atoms with Crippen LogP contribution in [-0.2, 0) is 0 Å². The van der Waals surface area contributed by atoms with Gasteiger partial charge in [-0.05, 0) is 30.7 Å². The van der Waals surface area contributed by atoms with Crippen molar-refractivity contribution in [3.63, 3.8) is 0 Å². The first-order valence-electron chi connectivity index (χ1n) is 6.77. The summed E-state index contributed by atoms with van der Waals surface area (Å²) in [4.78, 5) is 14.2. The van der Waals surface area contributed by atoms with Crippen molar-refractivity contribution in [2.75, 3.05) is 36.7 Å². The number of ether oxygens (including phenoxy) is 1. The fourth-order valence-corrected chi connectivity index (χ4v) is 1.66. The third-order valence-corrected chi connectivity index (χ3v) is 2.71. The fourth-order valence-electron chi connectivity index (χ4n) is 1.66. The van der Waals surface area contributed by atoms with E-state index in [0.29, 0.717) is 12.6 Å². The van der Waals surface area contributed by atoms with Gasteiger partial charge in [0.15, 0.2) is 0 Å². The van der Waals surface area contributed by atoms with E-state index in [4.69, 9.17) is 10.5 Å². The van der Waals surface area contributed by atoms with Crippen molar-refractivity contribution in [3.05, 3.63) is 24.3 Å². The van der Waals surface area contributed by atoms with Crippen LogP contribution >= 0.6 is 0 Å². The van der Waals surface area contributed by atoms with Gasteiger partial charge in [0.25, 0.3) is 0 Å². The second-order valence-electron chi connectivity index (χ2n) is 4.71. The Morgan fingerprint density at radius 2 is 1.86 bits per heavy atom. The Bertz CT molecular complexity index is 585. The van der Waals surface area contributed by atoms with E-state index in [1.54, 1.807) is 0 Å². The highest BCUT2D eigenvalue weighted by Gasteiger charge is 2.06. The van der Waals surface area contributed by atoms with E-state index in [2.05, 4.69) is 20.3 Å².